The molecule has 0 heterocycles. The van der Waals surface area contributed by atoms with Gasteiger partial charge in [0.1, 0.15) is 0 Å². The summed E-state index contributed by atoms with van der Waals surface area (Å²) < 4.78 is 0. The van der Waals surface area contributed by atoms with Crippen LogP contribution in [0.4, 0.5) is 0 Å². The van der Waals surface area contributed by atoms with E-state index in [-0.39, 0.29) is 102 Å². The molecule has 0 amide bonds. The molecule has 9 heavy (non-hydrogen) atoms. The van der Waals surface area contributed by atoms with Gasteiger partial charge in [0, 0.05) is 0 Å². The van der Waals surface area contributed by atoms with Crippen LogP contribution < -0.4 is 19.2 Å². The van der Waals surface area contributed by atoms with Crippen molar-refractivity contribution >= 4 is 66.6 Å². The molecule has 0 aromatic rings. The summed E-state index contributed by atoms with van der Waals surface area (Å²) in [4.78, 5) is 34.3. The summed E-state index contributed by atoms with van der Waals surface area (Å²) in [7, 11) is -5.61. The second kappa shape index (κ2) is 14.0. The number of hydrogen-bond donors (Lipinski definition) is 0. The Balaban J connectivity index is -0.0000000133. The van der Waals surface area contributed by atoms with Crippen molar-refractivity contribution in [3.8, 4) is 0 Å². The minimum absolute atomic E-state index is 0. The molecule has 0 saturated heterocycles. The van der Waals surface area contributed by atoms with Crippen molar-refractivity contribution in [3.05, 3.63) is 0 Å². The van der Waals surface area contributed by atoms with Gasteiger partial charge in [-0.25, -0.2) is 0 Å². The molecule has 0 aliphatic rings. The molecule has 0 bridgehead atoms. The fraction of sp³-hybridized carbons (Fsp3) is 0. The van der Waals surface area contributed by atoms with Crippen molar-refractivity contribution in [2.24, 2.45) is 0 Å². The van der Waals surface area contributed by atoms with Crippen LogP contribution in [0, 0.1) is 0 Å². The molecule has 32 valence electrons. The molecule has 0 atom stereocenters. The van der Waals surface area contributed by atoms with Crippen molar-refractivity contribution in [2.45, 2.75) is 0 Å². The van der Waals surface area contributed by atoms with Crippen LogP contribution in [0.25, 0.3) is 0 Å². The predicted octanol–water partition coefficient (Wildman–Crippen LogP) is -5.90. The Morgan fingerprint density at radius 1 is 0.889 bits per heavy atom. The molecule has 4 nitrogen and oxygen atoms in total. The summed E-state index contributed by atoms with van der Waals surface area (Å²) in [6.45, 7) is 0. The fourth-order valence-corrected chi connectivity index (χ4v) is 0. The van der Waals surface area contributed by atoms with Gasteiger partial charge in [0.05, 0.1) is 0 Å². The Kier molecular flexibility index (Phi) is 45.7. The summed E-state index contributed by atoms with van der Waals surface area (Å²) in [6, 6.07) is 0. The van der Waals surface area contributed by atoms with Crippen molar-refractivity contribution in [3.63, 3.8) is 0 Å². The first-order valence-corrected chi connectivity index (χ1v) is 2.45. The van der Waals surface area contributed by atoms with Gasteiger partial charge in [-0.05, 0) is 0 Å². The van der Waals surface area contributed by atoms with Gasteiger partial charge in [-0.2, -0.15) is 0 Å². The third kappa shape index (κ3) is 86.3. The average molecular weight is 476 g/mol. The largest absolute Gasteiger partial charge is 5.00 e. The first-order chi connectivity index (χ1) is 2.00. The maximum Gasteiger partial charge on any atom is 5.00 e. The third-order valence-electron chi connectivity index (χ3n) is 0. The number of rotatable bonds is 0. The average Bonchev–Trinajstić information content (AvgIpc) is 0.722. The summed E-state index contributed by atoms with van der Waals surface area (Å²) in [5.74, 6) is 0. The minimum atomic E-state index is -5.61. The van der Waals surface area contributed by atoms with Gasteiger partial charge < -0.3 is 28.2 Å². The molecule has 0 spiro atoms. The first kappa shape index (κ1) is 29.4. The Morgan fingerprint density at radius 3 is 0.889 bits per heavy atom. The smallest absolute Gasteiger partial charge is 0.894 e. The van der Waals surface area contributed by atoms with E-state index in [0.29, 0.717) is 0 Å². The van der Waals surface area contributed by atoms with Gasteiger partial charge in [0.25, 0.3) is 0 Å². The van der Waals surface area contributed by atoms with Gasteiger partial charge >= 0.3 is 102 Å². The molecule has 0 aliphatic heterocycles. The van der Waals surface area contributed by atoms with E-state index >= 15 is 0 Å². The van der Waals surface area contributed by atoms with E-state index in [0.717, 1.165) is 0 Å². The topological polar surface area (TPSA) is 92.2 Å². The summed E-state index contributed by atoms with van der Waals surface area (Å²) >= 11 is 0. The first-order valence-electron chi connectivity index (χ1n) is 0.816. The van der Waals surface area contributed by atoms with Gasteiger partial charge in [-0.15, -0.1) is 0 Å². The van der Waals surface area contributed by atoms with Crippen molar-refractivity contribution in [1.29, 1.82) is 0 Å². The molecule has 0 aliphatic carbocycles. The molecular formula is CaGaNbO4SiTa+11. The zero-order valence-corrected chi connectivity index (χ0v) is 15.4. The Bertz CT molecular complexity index is 36.0. The molecule has 0 radical (unpaired) electrons. The normalized spacial score (nSPS) is 6.67. The maximum atomic E-state index is 8.58. The van der Waals surface area contributed by atoms with E-state index in [1.54, 1.807) is 0 Å². The van der Waals surface area contributed by atoms with Crippen LogP contribution in [0.3, 0.4) is 0 Å². The fourth-order valence-electron chi connectivity index (χ4n) is 0. The molecule has 0 saturated carbocycles. The van der Waals surface area contributed by atoms with Crippen LogP contribution in [0.15, 0.2) is 0 Å². The Morgan fingerprint density at radius 2 is 0.889 bits per heavy atom. The monoisotopic (exact) mass is 475 g/mol. The van der Waals surface area contributed by atoms with Crippen LogP contribution in [-0.4, -0.2) is 66.6 Å². The summed E-state index contributed by atoms with van der Waals surface area (Å²) in [5.41, 5.74) is 0. The van der Waals surface area contributed by atoms with Crippen molar-refractivity contribution in [2.75, 3.05) is 0 Å². The van der Waals surface area contributed by atoms with E-state index in [1.165, 1.54) is 0 Å². The predicted molar refractivity (Wildman–Crippen MR) is 17.3 cm³/mol. The van der Waals surface area contributed by atoms with Gasteiger partial charge in [0.15, 0.2) is 0 Å². The van der Waals surface area contributed by atoms with Crippen LogP contribution in [0.5, 0.6) is 0 Å². The molecule has 9 heteroatoms. The van der Waals surface area contributed by atoms with Gasteiger partial charge in [0.2, 0.25) is 0 Å². The molecule has 0 aromatic carbocycles. The van der Waals surface area contributed by atoms with Crippen LogP contribution >= 0.6 is 0 Å². The van der Waals surface area contributed by atoms with Crippen molar-refractivity contribution < 1.29 is 63.9 Å². The van der Waals surface area contributed by atoms with E-state index in [1.807, 2.05) is 0 Å². The maximum absolute atomic E-state index is 8.58. The van der Waals surface area contributed by atoms with E-state index in [4.69, 9.17) is 19.2 Å². The summed E-state index contributed by atoms with van der Waals surface area (Å²) in [6.07, 6.45) is 0. The zero-order chi connectivity index (χ0) is 4.50. The van der Waals surface area contributed by atoms with Crippen molar-refractivity contribution in [1.82, 2.24) is 0 Å². The summed E-state index contributed by atoms with van der Waals surface area (Å²) in [5, 5.41) is 0. The standard InChI is InChI=1S/Ca.Ga.Nb.O4Si.Ta/c;;;1-5(2,3)4;/q+2;+3;+5;-4;+5. The van der Waals surface area contributed by atoms with Gasteiger partial charge in [-0.1, -0.05) is 0 Å². The molecule has 0 unspecified atom stereocenters. The zero-order valence-electron chi connectivity index (χ0n) is 4.31. The molecular weight excluding hydrogens is 476 g/mol. The Hall–Kier alpha value is 3.43. The molecule has 0 rings (SSSR count). The number of hydrogen-bond acceptors (Lipinski definition) is 4. The van der Waals surface area contributed by atoms with Gasteiger partial charge in [-0.3, -0.25) is 0 Å². The van der Waals surface area contributed by atoms with Crippen LogP contribution in [0.2, 0.25) is 0 Å². The third-order valence-corrected chi connectivity index (χ3v) is 0. The van der Waals surface area contributed by atoms with Crippen LogP contribution in [0.1, 0.15) is 0 Å². The van der Waals surface area contributed by atoms with E-state index < -0.39 is 9.05 Å². The molecule has 0 N–H and O–H groups in total. The van der Waals surface area contributed by atoms with E-state index in [2.05, 4.69) is 0 Å². The van der Waals surface area contributed by atoms with E-state index in [9.17, 15) is 0 Å². The molecule has 0 aromatic heterocycles. The second-order valence-corrected chi connectivity index (χ2v) is 1.50. The molecule has 0 fully saturated rings. The quantitative estimate of drug-likeness (QED) is 0.326. The Labute approximate surface area is 128 Å². The second-order valence-electron chi connectivity index (χ2n) is 0.500. The van der Waals surface area contributed by atoms with Crippen LogP contribution in [-0.2, 0) is 44.8 Å². The minimum Gasteiger partial charge on any atom is -0.894 e. The SMILES string of the molecule is [Ca+2].[Ga+3].[Nb+5].[O-][Si]([O-])([O-])[O-].[Ta+5].